The zero-order chi connectivity index (χ0) is 34.1. The molecule has 3 aliphatic rings. The first-order valence-corrected chi connectivity index (χ1v) is 17.3. The Hall–Kier alpha value is -3.86. The Morgan fingerprint density at radius 2 is 2.10 bits per heavy atom. The second-order valence-corrected chi connectivity index (χ2v) is 14.4. The number of rotatable bonds is 7. The molecule has 0 unspecified atom stereocenters. The fraction of sp³-hybridized carbons (Fsp3) is 0.471. The molecule has 9 nitrogen and oxygen atoms in total. The Labute approximate surface area is 285 Å². The van der Waals surface area contributed by atoms with Crippen molar-refractivity contribution in [2.24, 2.45) is 0 Å². The average molecular weight is 698 g/mol. The van der Waals surface area contributed by atoms with Crippen molar-refractivity contribution in [2.45, 2.75) is 70.2 Å². The van der Waals surface area contributed by atoms with Crippen molar-refractivity contribution in [2.75, 3.05) is 43.4 Å². The molecule has 2 aromatic heterocycles. The minimum absolute atomic E-state index is 0.0152. The normalized spacial score (nSPS) is 24.0. The van der Waals surface area contributed by atoms with E-state index in [1.54, 1.807) is 17.9 Å². The quantitative estimate of drug-likeness (QED) is 0.228. The SMILES string of the molecule is CCN(c1nc(OC[C@@]23CCCN2C[C@H](F)C3)nc2c(F)c(-c3ccc(F)c4sc(N)c(C#N)c34)c(Cl)cc12)[C@@H]1CCN(C(C)=O)[C@@H]1C. The van der Waals surface area contributed by atoms with Crippen LogP contribution >= 0.6 is 22.9 Å². The molecule has 4 atom stereocenters. The zero-order valence-corrected chi connectivity index (χ0v) is 28.4. The molecule has 1 amide bonds. The van der Waals surface area contributed by atoms with E-state index in [2.05, 4.69) is 9.88 Å². The number of hydrogen-bond donors (Lipinski definition) is 1. The maximum Gasteiger partial charge on any atom is 0.319 e. The Kier molecular flexibility index (Phi) is 8.33. The summed E-state index contributed by atoms with van der Waals surface area (Å²) in [6.45, 7) is 7.80. The van der Waals surface area contributed by atoms with Crippen LogP contribution in [-0.4, -0.2) is 82.3 Å². The molecule has 0 spiro atoms. The number of aromatic nitrogens is 2. The molecule has 2 aromatic carbocycles. The standard InChI is InChI=1S/C34H35ClF3N7O2S/c1-4-44(25-8-11-45(17(25)2)18(3)46)32-21-12-23(35)27(20-6-7-24(37)30-26(20)22(14-39)31(40)48-30)28(38)29(21)41-33(42-32)47-16-34-9-5-10-43(34)15-19(36)13-34/h6-7,12,17,19,25H,4-5,8-11,13,15-16,40H2,1-3H3/t17-,19-,25-,34+/m1/s1. The minimum atomic E-state index is -0.954. The fourth-order valence-electron chi connectivity index (χ4n) is 8.17. The van der Waals surface area contributed by atoms with Crippen molar-refractivity contribution in [3.8, 4) is 23.2 Å². The van der Waals surface area contributed by atoms with Crippen molar-refractivity contribution in [3.05, 3.63) is 40.4 Å². The Balaban J connectivity index is 1.41. The van der Waals surface area contributed by atoms with E-state index >= 15 is 4.39 Å². The van der Waals surface area contributed by atoms with Gasteiger partial charge in [0.1, 0.15) is 41.0 Å². The number of anilines is 2. The van der Waals surface area contributed by atoms with E-state index < -0.39 is 23.3 Å². The summed E-state index contributed by atoms with van der Waals surface area (Å²) in [5, 5.41) is 10.5. The maximum atomic E-state index is 17.1. The van der Waals surface area contributed by atoms with Crippen molar-refractivity contribution < 1.29 is 22.7 Å². The lowest BCUT2D eigenvalue weighted by atomic mass is 9.95. The van der Waals surface area contributed by atoms with Crippen LogP contribution in [-0.2, 0) is 4.79 Å². The molecule has 0 bridgehead atoms. The van der Waals surface area contributed by atoms with Crippen molar-refractivity contribution >= 4 is 60.7 Å². The van der Waals surface area contributed by atoms with Crippen LogP contribution in [0.3, 0.4) is 0 Å². The lowest BCUT2D eigenvalue weighted by Gasteiger charge is -2.34. The number of carbonyl (C=O) groups excluding carboxylic acids is 1. The van der Waals surface area contributed by atoms with Crippen LogP contribution in [0.15, 0.2) is 18.2 Å². The lowest BCUT2D eigenvalue weighted by molar-refractivity contribution is -0.129. The predicted octanol–water partition coefficient (Wildman–Crippen LogP) is 6.69. The molecular formula is C34H35ClF3N7O2S. The van der Waals surface area contributed by atoms with Crippen molar-refractivity contribution in [1.82, 2.24) is 19.8 Å². The highest BCUT2D eigenvalue weighted by atomic mass is 35.5. The van der Waals surface area contributed by atoms with Crippen LogP contribution in [0.4, 0.5) is 24.0 Å². The topological polar surface area (TPSA) is 112 Å². The van der Waals surface area contributed by atoms with Crippen molar-refractivity contribution in [1.29, 1.82) is 5.26 Å². The molecule has 14 heteroatoms. The highest BCUT2D eigenvalue weighted by Crippen LogP contribution is 2.46. The number of nitrogens with two attached hydrogens (primary N) is 1. The van der Waals surface area contributed by atoms with Gasteiger partial charge in [0.15, 0.2) is 5.82 Å². The first kappa shape index (κ1) is 32.7. The number of alkyl halides is 1. The second kappa shape index (κ2) is 12.2. The van der Waals surface area contributed by atoms with Crippen LogP contribution in [0.25, 0.3) is 32.1 Å². The number of ether oxygens (including phenoxy) is 1. The van der Waals surface area contributed by atoms with Gasteiger partial charge in [-0.05, 0) is 57.4 Å². The number of likely N-dealkylation sites (tertiary alicyclic amines) is 1. The first-order valence-electron chi connectivity index (χ1n) is 16.1. The van der Waals surface area contributed by atoms with Crippen molar-refractivity contribution in [3.63, 3.8) is 0 Å². The van der Waals surface area contributed by atoms with Gasteiger partial charge >= 0.3 is 6.01 Å². The van der Waals surface area contributed by atoms with E-state index in [0.717, 1.165) is 30.7 Å². The van der Waals surface area contributed by atoms with Crippen LogP contribution in [0.5, 0.6) is 6.01 Å². The molecule has 0 saturated carbocycles. The molecular weight excluding hydrogens is 663 g/mol. The number of likely N-dealkylation sites (N-methyl/N-ethyl adjacent to an activating group) is 1. The molecule has 3 fully saturated rings. The summed E-state index contributed by atoms with van der Waals surface area (Å²) in [6, 6.07) is 5.83. The second-order valence-electron chi connectivity index (χ2n) is 13.0. The van der Waals surface area contributed by atoms with Gasteiger partial charge in [0.2, 0.25) is 5.91 Å². The number of benzene rings is 2. The average Bonchev–Trinajstić information content (AvgIpc) is 3.79. The molecule has 2 N–H and O–H groups in total. The number of amides is 1. The minimum Gasteiger partial charge on any atom is -0.461 e. The summed E-state index contributed by atoms with van der Waals surface area (Å²) in [5.74, 6) is -1.02. The van der Waals surface area contributed by atoms with Gasteiger partial charge in [0, 0.05) is 55.4 Å². The molecule has 252 valence electrons. The Morgan fingerprint density at radius 1 is 1.31 bits per heavy atom. The summed E-state index contributed by atoms with van der Waals surface area (Å²) in [4.78, 5) is 27.7. The van der Waals surface area contributed by atoms with Gasteiger partial charge in [-0.15, -0.1) is 11.3 Å². The largest absolute Gasteiger partial charge is 0.461 e. The fourth-order valence-corrected chi connectivity index (χ4v) is 9.42. The van der Waals surface area contributed by atoms with E-state index in [1.807, 2.05) is 24.8 Å². The Bertz CT molecular complexity index is 2000. The van der Waals surface area contributed by atoms with Crippen LogP contribution in [0.1, 0.15) is 52.0 Å². The number of halogens is 4. The van der Waals surface area contributed by atoms with Gasteiger partial charge in [0.25, 0.3) is 0 Å². The third-order valence-corrected chi connectivity index (χ3v) is 11.7. The van der Waals surface area contributed by atoms with Gasteiger partial charge in [0.05, 0.1) is 26.9 Å². The number of hydrogen-bond acceptors (Lipinski definition) is 9. The van der Waals surface area contributed by atoms with Crippen LogP contribution in [0, 0.1) is 23.0 Å². The van der Waals surface area contributed by atoms with Gasteiger partial charge < -0.3 is 20.3 Å². The number of nitrogens with zero attached hydrogens (tertiary/aromatic N) is 6. The van der Waals surface area contributed by atoms with Crippen LogP contribution < -0.4 is 15.4 Å². The van der Waals surface area contributed by atoms with Gasteiger partial charge in [-0.25, -0.2) is 13.2 Å². The molecule has 0 radical (unpaired) electrons. The van der Waals surface area contributed by atoms with Gasteiger partial charge in [-0.2, -0.15) is 15.2 Å². The molecule has 5 heterocycles. The summed E-state index contributed by atoms with van der Waals surface area (Å²) >= 11 is 7.79. The highest BCUT2D eigenvalue weighted by Gasteiger charge is 2.49. The number of nitrogen functional groups attached to an aromatic ring is 1. The molecule has 0 aliphatic carbocycles. The number of fused-ring (bicyclic) bond motifs is 3. The van der Waals surface area contributed by atoms with Gasteiger partial charge in [-0.1, -0.05) is 17.7 Å². The van der Waals surface area contributed by atoms with E-state index in [1.165, 1.54) is 12.1 Å². The van der Waals surface area contributed by atoms with E-state index in [4.69, 9.17) is 27.1 Å². The third kappa shape index (κ3) is 5.11. The monoisotopic (exact) mass is 697 g/mol. The predicted molar refractivity (Wildman–Crippen MR) is 181 cm³/mol. The highest BCUT2D eigenvalue weighted by molar-refractivity contribution is 7.23. The summed E-state index contributed by atoms with van der Waals surface area (Å²) < 4.78 is 52.9. The summed E-state index contributed by atoms with van der Waals surface area (Å²) in [6.07, 6.45) is 1.76. The molecule has 7 rings (SSSR count). The number of thiophene rings is 1. The molecule has 3 saturated heterocycles. The zero-order valence-electron chi connectivity index (χ0n) is 26.8. The van der Waals surface area contributed by atoms with Gasteiger partial charge in [-0.3, -0.25) is 9.69 Å². The smallest absolute Gasteiger partial charge is 0.319 e. The van der Waals surface area contributed by atoms with E-state index in [0.29, 0.717) is 43.7 Å². The molecule has 4 aromatic rings. The first-order chi connectivity index (χ1) is 23.0. The third-order valence-electron chi connectivity index (χ3n) is 10.4. The number of carbonyl (C=O) groups is 1. The Morgan fingerprint density at radius 3 is 2.81 bits per heavy atom. The lowest BCUT2D eigenvalue weighted by Crippen LogP contribution is -2.45. The van der Waals surface area contributed by atoms with E-state index in [9.17, 15) is 18.8 Å². The molecule has 3 aliphatic heterocycles. The maximum absolute atomic E-state index is 17.1. The van der Waals surface area contributed by atoms with Crippen LogP contribution in [0.2, 0.25) is 5.02 Å². The van der Waals surface area contributed by atoms with E-state index in [-0.39, 0.29) is 72.9 Å². The molecule has 48 heavy (non-hydrogen) atoms. The number of nitriles is 1. The summed E-state index contributed by atoms with van der Waals surface area (Å²) in [5.41, 5.74) is 5.70. The summed E-state index contributed by atoms with van der Waals surface area (Å²) in [7, 11) is 0.